The summed E-state index contributed by atoms with van der Waals surface area (Å²) in [5, 5.41) is 2.71. The van der Waals surface area contributed by atoms with Crippen LogP contribution in [0.4, 0.5) is 5.82 Å². The van der Waals surface area contributed by atoms with Crippen LogP contribution < -0.4 is 5.32 Å². The van der Waals surface area contributed by atoms with Crippen LogP contribution in [0.25, 0.3) is 11.2 Å². The molecule has 2 aliphatic heterocycles. The fourth-order valence-electron chi connectivity index (χ4n) is 3.87. The Labute approximate surface area is 211 Å². The second kappa shape index (κ2) is 11.6. The minimum atomic E-state index is -4.16. The van der Waals surface area contributed by atoms with Crippen molar-refractivity contribution < 1.29 is 46.7 Å². The van der Waals surface area contributed by atoms with Gasteiger partial charge in [-0.3, -0.25) is 28.0 Å². The van der Waals surface area contributed by atoms with Gasteiger partial charge in [0.05, 0.1) is 12.9 Å². The number of nitrogens with zero attached hydrogens (tertiary/aromatic N) is 4. The van der Waals surface area contributed by atoms with Gasteiger partial charge < -0.3 is 19.5 Å². The average molecular weight is 541 g/mol. The van der Waals surface area contributed by atoms with E-state index in [1.165, 1.54) is 17.2 Å². The number of esters is 2. The number of ether oxygens (including phenoxy) is 3. The minimum absolute atomic E-state index is 0.137. The first-order valence-electron chi connectivity index (χ1n) is 11.8. The summed E-state index contributed by atoms with van der Waals surface area (Å²) in [6.07, 6.45) is 0.440. The monoisotopic (exact) mass is 541 g/mol. The van der Waals surface area contributed by atoms with Crippen molar-refractivity contribution in [3.63, 3.8) is 0 Å². The van der Waals surface area contributed by atoms with Crippen LogP contribution in [0.5, 0.6) is 0 Å². The summed E-state index contributed by atoms with van der Waals surface area (Å²) in [6.45, 7) is 4.01. The van der Waals surface area contributed by atoms with E-state index in [1.54, 1.807) is 0 Å². The second-order valence-corrected chi connectivity index (χ2v) is 9.93. The van der Waals surface area contributed by atoms with Crippen LogP contribution >= 0.6 is 7.82 Å². The number of nitrogens with one attached hydrogen (secondary N) is 1. The van der Waals surface area contributed by atoms with Gasteiger partial charge in [0.2, 0.25) is 12.7 Å². The Kier molecular flexibility index (Phi) is 8.49. The second-order valence-electron chi connectivity index (χ2n) is 8.31. The number of phosphoric acid groups is 1. The fraction of sp³-hybridized carbons (Fsp3) is 0.619. The van der Waals surface area contributed by atoms with Gasteiger partial charge in [0.25, 0.3) is 0 Å². The maximum absolute atomic E-state index is 13.0. The van der Waals surface area contributed by atoms with Crippen molar-refractivity contribution in [2.24, 2.45) is 0 Å². The number of rotatable bonds is 10. The topological polar surface area (TPSA) is 179 Å². The molecule has 1 N–H and O–H groups in total. The van der Waals surface area contributed by atoms with Crippen molar-refractivity contribution in [3.8, 4) is 0 Å². The molecule has 37 heavy (non-hydrogen) atoms. The predicted molar refractivity (Wildman–Crippen MR) is 124 cm³/mol. The molecule has 2 aromatic heterocycles. The lowest BCUT2D eigenvalue weighted by molar-refractivity contribution is -0.159. The van der Waals surface area contributed by atoms with Gasteiger partial charge in [0, 0.05) is 19.8 Å². The number of fused-ring (bicyclic) bond motifs is 2. The molecule has 15 nitrogen and oxygen atoms in total. The number of imidazole rings is 1. The maximum atomic E-state index is 13.0. The lowest BCUT2D eigenvalue weighted by Gasteiger charge is -2.31. The van der Waals surface area contributed by atoms with Crippen LogP contribution in [0, 0.1) is 0 Å². The molecule has 2 aliphatic rings. The molecule has 0 radical (unpaired) electrons. The van der Waals surface area contributed by atoms with Gasteiger partial charge in [-0.15, -0.1) is 0 Å². The molecule has 0 saturated carbocycles. The molecule has 2 saturated heterocycles. The van der Waals surface area contributed by atoms with Crippen LogP contribution in [0.1, 0.15) is 52.7 Å². The zero-order chi connectivity index (χ0) is 26.6. The van der Waals surface area contributed by atoms with Crippen LogP contribution in [0.2, 0.25) is 0 Å². The highest BCUT2D eigenvalue weighted by atomic mass is 31.2. The van der Waals surface area contributed by atoms with E-state index in [4.69, 9.17) is 23.0 Å². The molecule has 202 valence electrons. The van der Waals surface area contributed by atoms with Gasteiger partial charge in [0.15, 0.2) is 29.3 Å². The Hall–Kier alpha value is -2.97. The minimum Gasteiger partial charge on any atom is -0.455 e. The summed E-state index contributed by atoms with van der Waals surface area (Å²) in [5.74, 6) is -1.16. The Morgan fingerprint density at radius 1 is 1.19 bits per heavy atom. The zero-order valence-corrected chi connectivity index (χ0v) is 21.4. The molecule has 4 rings (SSSR count). The summed E-state index contributed by atoms with van der Waals surface area (Å²) in [5.41, 5.74) is 0.605. The largest absolute Gasteiger partial charge is 0.478 e. The number of amides is 1. The zero-order valence-electron chi connectivity index (χ0n) is 20.5. The molecular weight excluding hydrogens is 513 g/mol. The summed E-state index contributed by atoms with van der Waals surface area (Å²) >= 11 is 0. The van der Waals surface area contributed by atoms with Gasteiger partial charge in [-0.1, -0.05) is 13.8 Å². The van der Waals surface area contributed by atoms with Crippen molar-refractivity contribution in [2.45, 2.75) is 71.0 Å². The highest BCUT2D eigenvalue weighted by Gasteiger charge is 2.56. The van der Waals surface area contributed by atoms with Crippen LogP contribution in [0.15, 0.2) is 12.7 Å². The van der Waals surface area contributed by atoms with Crippen LogP contribution in [-0.2, 0) is 46.7 Å². The molecule has 0 aromatic carbocycles. The Balaban J connectivity index is 1.62. The SMILES string of the molecule is CCCC(=O)Nc1ncnc2c1ncn2[C@@H]1OC2COP(=O)(OCOC(C)=O)OC2[C@H]1OC(=O)CCC. The van der Waals surface area contributed by atoms with Gasteiger partial charge in [0.1, 0.15) is 18.5 Å². The molecule has 2 aromatic rings. The lowest BCUT2D eigenvalue weighted by atomic mass is 10.1. The molecule has 0 spiro atoms. The Bertz CT molecular complexity index is 1210. The average Bonchev–Trinajstić information content (AvgIpc) is 3.41. The summed E-state index contributed by atoms with van der Waals surface area (Å²) in [4.78, 5) is 48.3. The third-order valence-corrected chi connectivity index (χ3v) is 6.88. The molecule has 0 aliphatic carbocycles. The number of phosphoric ester groups is 1. The van der Waals surface area contributed by atoms with E-state index in [-0.39, 0.29) is 24.8 Å². The fourth-order valence-corrected chi connectivity index (χ4v) is 5.13. The van der Waals surface area contributed by atoms with Crippen LogP contribution in [0.3, 0.4) is 0 Å². The van der Waals surface area contributed by atoms with E-state index in [0.29, 0.717) is 30.4 Å². The number of hydrogen-bond donors (Lipinski definition) is 1. The summed E-state index contributed by atoms with van der Waals surface area (Å²) in [7, 11) is -4.16. The van der Waals surface area contributed by atoms with Gasteiger partial charge in [-0.25, -0.2) is 24.0 Å². The number of hydrogen-bond acceptors (Lipinski definition) is 13. The molecule has 3 unspecified atom stereocenters. The third-order valence-electron chi connectivity index (χ3n) is 5.50. The first-order valence-corrected chi connectivity index (χ1v) is 13.2. The normalized spacial score (nSPS) is 27.0. The lowest BCUT2D eigenvalue weighted by Crippen LogP contribution is -2.41. The van der Waals surface area contributed by atoms with E-state index in [2.05, 4.69) is 25.0 Å². The van der Waals surface area contributed by atoms with E-state index in [0.717, 1.165) is 6.92 Å². The molecule has 0 bridgehead atoms. The highest BCUT2D eigenvalue weighted by Crippen LogP contribution is 2.57. The standard InChI is InChI=1S/C21H28N5O10P/c1-4-6-14(28)25-19-16-20(23-9-22-19)26(10-24-16)21-18(35-15(29)7-5-2)17-13(34-21)8-32-37(30,36-17)33-11-31-12(3)27/h9-10,13,17-18,21H,4-8,11H2,1-3H3,(H,22,23,25,28)/t13?,17?,18-,21-,37?/m1/s1. The highest BCUT2D eigenvalue weighted by molar-refractivity contribution is 7.48. The first kappa shape index (κ1) is 27.1. The van der Waals surface area contributed by atoms with Crippen molar-refractivity contribution in [3.05, 3.63) is 12.7 Å². The van der Waals surface area contributed by atoms with Crippen molar-refractivity contribution in [2.75, 3.05) is 18.7 Å². The summed E-state index contributed by atoms with van der Waals surface area (Å²) in [6, 6.07) is 0. The molecule has 16 heteroatoms. The molecule has 5 atom stereocenters. The van der Waals surface area contributed by atoms with Crippen molar-refractivity contribution >= 4 is 42.7 Å². The number of carbonyl (C=O) groups excluding carboxylic acids is 3. The number of carbonyl (C=O) groups is 3. The molecular formula is C21H28N5O10P. The molecule has 1 amide bonds. The van der Waals surface area contributed by atoms with Crippen molar-refractivity contribution in [1.82, 2.24) is 19.5 Å². The number of aromatic nitrogens is 4. The Morgan fingerprint density at radius 3 is 2.70 bits per heavy atom. The van der Waals surface area contributed by atoms with E-state index in [9.17, 15) is 18.9 Å². The van der Waals surface area contributed by atoms with E-state index in [1.807, 2.05) is 13.8 Å². The number of anilines is 1. The molecule has 2 fully saturated rings. The Morgan fingerprint density at radius 2 is 1.97 bits per heavy atom. The summed E-state index contributed by atoms with van der Waals surface area (Å²) < 4.78 is 46.9. The van der Waals surface area contributed by atoms with E-state index >= 15 is 0 Å². The van der Waals surface area contributed by atoms with Gasteiger partial charge in [-0.2, -0.15) is 0 Å². The first-order chi connectivity index (χ1) is 17.7. The van der Waals surface area contributed by atoms with E-state index < -0.39 is 51.1 Å². The van der Waals surface area contributed by atoms with Crippen LogP contribution in [-0.4, -0.2) is 69.1 Å². The predicted octanol–water partition coefficient (Wildman–Crippen LogP) is 2.23. The third kappa shape index (κ3) is 6.13. The smallest absolute Gasteiger partial charge is 0.455 e. The molecule has 4 heterocycles. The van der Waals surface area contributed by atoms with Gasteiger partial charge in [-0.05, 0) is 12.8 Å². The quantitative estimate of drug-likeness (QED) is 0.263. The van der Waals surface area contributed by atoms with Gasteiger partial charge >= 0.3 is 19.8 Å². The van der Waals surface area contributed by atoms with Crippen molar-refractivity contribution in [1.29, 1.82) is 0 Å². The maximum Gasteiger partial charge on any atom is 0.478 e.